The highest BCUT2D eigenvalue weighted by Gasteiger charge is 2.18. The number of hydrogen-bond acceptors (Lipinski definition) is 6. The van der Waals surface area contributed by atoms with E-state index in [0.29, 0.717) is 16.9 Å². The van der Waals surface area contributed by atoms with Gasteiger partial charge in [-0.25, -0.2) is 4.98 Å². The molecule has 2 saturated carbocycles. The first-order valence-corrected chi connectivity index (χ1v) is 11.4. The monoisotopic (exact) mass is 410 g/mol. The Bertz CT molecular complexity index is 521. The number of halogens is 1. The standard InChI is InChI=1S/C12H19ClN4.C9H20N2/c1-8-2-4-9(5-3-8)7-15-12-16-10(13)6-11(14)17-12;10-7-4-8-11-9-5-2-1-3-6-9/h6,8-9H,2-5,7H2,1H3,(H3,14,15,16,17);9,11H,1-8,10H2. The van der Waals surface area contributed by atoms with E-state index in [1.54, 1.807) is 6.07 Å². The van der Waals surface area contributed by atoms with Crippen molar-refractivity contribution in [2.75, 3.05) is 30.7 Å². The molecule has 7 heteroatoms. The van der Waals surface area contributed by atoms with Crippen LogP contribution >= 0.6 is 11.6 Å². The smallest absolute Gasteiger partial charge is 0.226 e. The summed E-state index contributed by atoms with van der Waals surface area (Å²) in [6.45, 7) is 5.16. The highest BCUT2D eigenvalue weighted by atomic mass is 35.5. The lowest BCUT2D eigenvalue weighted by Crippen LogP contribution is -2.32. The van der Waals surface area contributed by atoms with Gasteiger partial charge in [0.25, 0.3) is 0 Å². The van der Waals surface area contributed by atoms with E-state index in [1.165, 1.54) is 57.8 Å². The minimum Gasteiger partial charge on any atom is -0.383 e. The summed E-state index contributed by atoms with van der Waals surface area (Å²) in [6.07, 6.45) is 13.4. The van der Waals surface area contributed by atoms with Gasteiger partial charge in [0.1, 0.15) is 11.0 Å². The van der Waals surface area contributed by atoms with Crippen molar-refractivity contribution < 1.29 is 0 Å². The van der Waals surface area contributed by atoms with Gasteiger partial charge in [-0.3, -0.25) is 0 Å². The van der Waals surface area contributed by atoms with Crippen molar-refractivity contribution >= 4 is 23.4 Å². The van der Waals surface area contributed by atoms with Crippen LogP contribution < -0.4 is 22.1 Å². The summed E-state index contributed by atoms with van der Waals surface area (Å²) in [6, 6.07) is 2.35. The van der Waals surface area contributed by atoms with Crippen molar-refractivity contribution in [3.05, 3.63) is 11.2 Å². The first-order chi connectivity index (χ1) is 13.6. The van der Waals surface area contributed by atoms with Gasteiger partial charge >= 0.3 is 0 Å². The SMILES string of the molecule is CC1CCC(CNc2nc(N)cc(Cl)n2)CC1.NCCCNC1CCCCC1. The normalized spacial score (nSPS) is 23.0. The lowest BCUT2D eigenvalue weighted by molar-refractivity contribution is 0.300. The summed E-state index contributed by atoms with van der Waals surface area (Å²) >= 11 is 5.82. The Morgan fingerprint density at radius 2 is 1.79 bits per heavy atom. The molecule has 1 aromatic rings. The van der Waals surface area contributed by atoms with Gasteiger partial charge < -0.3 is 22.1 Å². The van der Waals surface area contributed by atoms with Crippen LogP contribution in [0.2, 0.25) is 5.15 Å². The molecule has 28 heavy (non-hydrogen) atoms. The molecule has 6 nitrogen and oxygen atoms in total. The minimum absolute atomic E-state index is 0.386. The van der Waals surface area contributed by atoms with Gasteiger partial charge in [0, 0.05) is 18.7 Å². The van der Waals surface area contributed by atoms with Crippen LogP contribution in [0.3, 0.4) is 0 Å². The van der Waals surface area contributed by atoms with Crippen molar-refractivity contribution in [2.45, 2.75) is 77.2 Å². The molecule has 0 spiro atoms. The molecule has 1 aromatic heterocycles. The van der Waals surface area contributed by atoms with Crippen LogP contribution in [0.15, 0.2) is 6.07 Å². The summed E-state index contributed by atoms with van der Waals surface area (Å²) in [5.74, 6) is 2.54. The second-order valence-corrected chi connectivity index (χ2v) is 8.76. The minimum atomic E-state index is 0.386. The molecule has 6 N–H and O–H groups in total. The van der Waals surface area contributed by atoms with Gasteiger partial charge in [-0.1, -0.05) is 50.6 Å². The van der Waals surface area contributed by atoms with Crippen LogP contribution in [-0.2, 0) is 0 Å². The molecule has 0 saturated heterocycles. The van der Waals surface area contributed by atoms with Crippen molar-refractivity contribution in [3.8, 4) is 0 Å². The van der Waals surface area contributed by atoms with Crippen molar-refractivity contribution in [3.63, 3.8) is 0 Å². The third kappa shape index (κ3) is 9.39. The zero-order valence-corrected chi connectivity index (χ0v) is 18.2. The number of nitrogens with zero attached hydrogens (tertiary/aromatic N) is 2. The molecule has 3 rings (SSSR count). The fourth-order valence-electron chi connectivity index (χ4n) is 4.00. The molecule has 160 valence electrons. The number of hydrogen-bond donors (Lipinski definition) is 4. The molecule has 2 aliphatic carbocycles. The predicted octanol–water partition coefficient (Wildman–Crippen LogP) is 4.21. The third-order valence-electron chi connectivity index (χ3n) is 5.82. The Morgan fingerprint density at radius 3 is 2.43 bits per heavy atom. The first kappa shape index (κ1) is 23.2. The van der Waals surface area contributed by atoms with Crippen LogP contribution in [0.5, 0.6) is 0 Å². The molecule has 0 aromatic carbocycles. The molecule has 0 unspecified atom stereocenters. The van der Waals surface area contributed by atoms with E-state index in [0.717, 1.165) is 43.9 Å². The molecule has 0 amide bonds. The van der Waals surface area contributed by atoms with Crippen LogP contribution in [-0.4, -0.2) is 35.6 Å². The van der Waals surface area contributed by atoms with Gasteiger partial charge in [0.2, 0.25) is 5.95 Å². The fourth-order valence-corrected chi connectivity index (χ4v) is 4.19. The number of nitrogens with one attached hydrogen (secondary N) is 2. The average Bonchev–Trinajstić information content (AvgIpc) is 2.68. The Morgan fingerprint density at radius 1 is 1.07 bits per heavy atom. The van der Waals surface area contributed by atoms with E-state index >= 15 is 0 Å². The predicted molar refractivity (Wildman–Crippen MR) is 120 cm³/mol. The van der Waals surface area contributed by atoms with Gasteiger partial charge in [0.05, 0.1) is 0 Å². The number of rotatable bonds is 7. The van der Waals surface area contributed by atoms with Crippen molar-refractivity contribution in [1.29, 1.82) is 0 Å². The van der Waals surface area contributed by atoms with Crippen molar-refractivity contribution in [1.82, 2.24) is 15.3 Å². The molecular weight excluding hydrogens is 372 g/mol. The summed E-state index contributed by atoms with van der Waals surface area (Å²) in [5.41, 5.74) is 11.0. The van der Waals surface area contributed by atoms with Crippen LogP contribution in [0.4, 0.5) is 11.8 Å². The Kier molecular flexibility index (Phi) is 10.9. The maximum atomic E-state index is 5.82. The van der Waals surface area contributed by atoms with E-state index in [1.807, 2.05) is 0 Å². The summed E-state index contributed by atoms with van der Waals surface area (Å²) in [7, 11) is 0. The zero-order chi connectivity index (χ0) is 20.2. The third-order valence-corrected chi connectivity index (χ3v) is 6.01. The van der Waals surface area contributed by atoms with Crippen LogP contribution in [0.1, 0.15) is 71.1 Å². The molecule has 2 fully saturated rings. The molecule has 2 aliphatic rings. The molecule has 0 bridgehead atoms. The Hall–Kier alpha value is -1.11. The maximum absolute atomic E-state index is 5.82. The number of anilines is 2. The number of nitrogens with two attached hydrogens (primary N) is 2. The quantitative estimate of drug-likeness (QED) is 0.396. The molecule has 1 heterocycles. The molecule has 0 aliphatic heterocycles. The topological polar surface area (TPSA) is 102 Å². The lowest BCUT2D eigenvalue weighted by atomic mass is 9.83. The van der Waals surface area contributed by atoms with E-state index in [4.69, 9.17) is 23.1 Å². The van der Waals surface area contributed by atoms with E-state index in [2.05, 4.69) is 27.5 Å². The second kappa shape index (κ2) is 13.2. The van der Waals surface area contributed by atoms with E-state index in [-0.39, 0.29) is 0 Å². The summed E-state index contributed by atoms with van der Waals surface area (Å²) in [5, 5.41) is 7.15. The van der Waals surface area contributed by atoms with Crippen LogP contribution in [0.25, 0.3) is 0 Å². The number of nitrogen functional groups attached to an aromatic ring is 1. The first-order valence-electron chi connectivity index (χ1n) is 11.0. The highest BCUT2D eigenvalue weighted by Crippen LogP contribution is 2.28. The summed E-state index contributed by atoms with van der Waals surface area (Å²) in [4.78, 5) is 8.20. The average molecular weight is 411 g/mol. The number of aromatic nitrogens is 2. The molecule has 0 radical (unpaired) electrons. The highest BCUT2D eigenvalue weighted by molar-refractivity contribution is 6.29. The van der Waals surface area contributed by atoms with Gasteiger partial charge in [-0.15, -0.1) is 0 Å². The van der Waals surface area contributed by atoms with Gasteiger partial charge in [-0.05, 0) is 57.0 Å². The van der Waals surface area contributed by atoms with Crippen molar-refractivity contribution in [2.24, 2.45) is 17.6 Å². The summed E-state index contributed by atoms with van der Waals surface area (Å²) < 4.78 is 0. The van der Waals surface area contributed by atoms with Crippen LogP contribution in [0, 0.1) is 11.8 Å². The van der Waals surface area contributed by atoms with Gasteiger partial charge in [0.15, 0.2) is 0 Å². The van der Waals surface area contributed by atoms with Gasteiger partial charge in [-0.2, -0.15) is 4.98 Å². The lowest BCUT2D eigenvalue weighted by Gasteiger charge is -2.26. The van der Waals surface area contributed by atoms with E-state index < -0.39 is 0 Å². The Balaban J connectivity index is 0.000000221. The fraction of sp³-hybridized carbons (Fsp3) is 0.810. The second-order valence-electron chi connectivity index (χ2n) is 8.38. The molecule has 0 atom stereocenters. The van der Waals surface area contributed by atoms with E-state index in [9.17, 15) is 0 Å². The maximum Gasteiger partial charge on any atom is 0.226 e. The Labute approximate surface area is 175 Å². The largest absolute Gasteiger partial charge is 0.383 e. The molecular formula is C21H39ClN6. The zero-order valence-electron chi connectivity index (χ0n) is 17.4.